The normalized spacial score (nSPS) is 15.5. The van der Waals surface area contributed by atoms with E-state index in [9.17, 15) is 4.79 Å². The molecule has 1 saturated heterocycles. The van der Waals surface area contributed by atoms with Crippen LogP contribution in [0.3, 0.4) is 0 Å². The summed E-state index contributed by atoms with van der Waals surface area (Å²) in [7, 11) is 0. The summed E-state index contributed by atoms with van der Waals surface area (Å²) in [5.74, 6) is 0.660. The fourth-order valence-corrected chi connectivity index (χ4v) is 4.38. The highest BCUT2D eigenvalue weighted by molar-refractivity contribution is 7.09. The summed E-state index contributed by atoms with van der Waals surface area (Å²) in [5.41, 5.74) is 2.82. The average Bonchev–Trinajstić information content (AvgIpc) is 3.39. The summed E-state index contributed by atoms with van der Waals surface area (Å²) in [6, 6.07) is 9.74. The molecule has 0 N–H and O–H groups in total. The molecule has 1 amide bonds. The predicted octanol–water partition coefficient (Wildman–Crippen LogP) is 3.98. The van der Waals surface area contributed by atoms with Crippen molar-refractivity contribution in [2.45, 2.75) is 39.2 Å². The van der Waals surface area contributed by atoms with Gasteiger partial charge >= 0.3 is 0 Å². The summed E-state index contributed by atoms with van der Waals surface area (Å²) >= 11 is 1.73. The van der Waals surface area contributed by atoms with E-state index >= 15 is 0 Å². The molecule has 0 aliphatic carbocycles. The zero-order valence-corrected chi connectivity index (χ0v) is 18.6. The lowest BCUT2D eigenvalue weighted by Crippen LogP contribution is -2.48. The number of piperazine rings is 1. The number of hydrogen-bond donors (Lipinski definition) is 0. The van der Waals surface area contributed by atoms with Crippen molar-refractivity contribution in [3.8, 4) is 11.5 Å². The zero-order chi connectivity index (χ0) is 21.1. The Morgan fingerprint density at radius 3 is 2.47 bits per heavy atom. The van der Waals surface area contributed by atoms with Crippen molar-refractivity contribution < 1.29 is 9.21 Å². The molecule has 0 saturated carbocycles. The summed E-state index contributed by atoms with van der Waals surface area (Å²) in [6.07, 6.45) is 1.86. The molecular formula is C23H28N4O2S. The van der Waals surface area contributed by atoms with Crippen LogP contribution in [-0.4, -0.2) is 51.9 Å². The zero-order valence-electron chi connectivity index (χ0n) is 17.8. The SMILES string of the molecule is CC(C)(C)c1nc(CN2CCN(C(=O)Cc3coc(-c4ccccc4)n3)CC2)cs1. The van der Waals surface area contributed by atoms with Gasteiger partial charge in [0.2, 0.25) is 11.8 Å². The molecule has 4 rings (SSSR count). The fourth-order valence-electron chi connectivity index (χ4n) is 3.48. The van der Waals surface area contributed by atoms with Crippen LogP contribution in [0.4, 0.5) is 0 Å². The monoisotopic (exact) mass is 424 g/mol. The molecule has 2 aromatic heterocycles. The second-order valence-corrected chi connectivity index (χ2v) is 9.60. The van der Waals surface area contributed by atoms with Crippen molar-refractivity contribution >= 4 is 17.2 Å². The van der Waals surface area contributed by atoms with Crippen molar-refractivity contribution in [2.75, 3.05) is 26.2 Å². The molecule has 6 nitrogen and oxygen atoms in total. The Bertz CT molecular complexity index is 982. The second-order valence-electron chi connectivity index (χ2n) is 8.74. The van der Waals surface area contributed by atoms with Crippen LogP contribution in [0.25, 0.3) is 11.5 Å². The molecule has 0 bridgehead atoms. The van der Waals surface area contributed by atoms with Gasteiger partial charge in [-0.1, -0.05) is 39.0 Å². The number of oxazole rings is 1. The minimum atomic E-state index is 0.0928. The minimum Gasteiger partial charge on any atom is -0.444 e. The molecule has 0 atom stereocenters. The highest BCUT2D eigenvalue weighted by Gasteiger charge is 2.24. The van der Waals surface area contributed by atoms with Gasteiger partial charge in [0.15, 0.2) is 0 Å². The van der Waals surface area contributed by atoms with Crippen molar-refractivity contribution in [1.29, 1.82) is 0 Å². The van der Waals surface area contributed by atoms with Crippen LogP contribution in [0.15, 0.2) is 46.4 Å². The summed E-state index contributed by atoms with van der Waals surface area (Å²) in [4.78, 5) is 26.3. The van der Waals surface area contributed by atoms with Gasteiger partial charge in [0.1, 0.15) is 6.26 Å². The van der Waals surface area contributed by atoms with Crippen molar-refractivity contribution in [3.05, 3.63) is 58.4 Å². The molecule has 30 heavy (non-hydrogen) atoms. The molecule has 3 aromatic rings. The second kappa shape index (κ2) is 8.70. The first-order chi connectivity index (χ1) is 14.4. The van der Waals surface area contributed by atoms with E-state index in [0.717, 1.165) is 44.0 Å². The Balaban J connectivity index is 1.27. The predicted molar refractivity (Wildman–Crippen MR) is 118 cm³/mol. The van der Waals surface area contributed by atoms with Crippen LogP contribution in [0.2, 0.25) is 0 Å². The number of benzene rings is 1. The molecule has 1 aromatic carbocycles. The smallest absolute Gasteiger partial charge is 0.228 e. The van der Waals surface area contributed by atoms with Gasteiger partial charge in [0, 0.05) is 49.1 Å². The number of carbonyl (C=O) groups is 1. The van der Waals surface area contributed by atoms with Gasteiger partial charge in [-0.05, 0) is 12.1 Å². The van der Waals surface area contributed by atoms with Crippen molar-refractivity contribution in [2.24, 2.45) is 0 Å². The van der Waals surface area contributed by atoms with E-state index in [-0.39, 0.29) is 17.7 Å². The first-order valence-corrected chi connectivity index (χ1v) is 11.2. The lowest BCUT2D eigenvalue weighted by Gasteiger charge is -2.34. The minimum absolute atomic E-state index is 0.0928. The van der Waals surface area contributed by atoms with Gasteiger partial charge in [0.05, 0.1) is 22.8 Å². The Hall–Kier alpha value is -2.51. The van der Waals surface area contributed by atoms with Crippen LogP contribution in [0.1, 0.15) is 37.2 Å². The van der Waals surface area contributed by atoms with Gasteiger partial charge in [-0.25, -0.2) is 9.97 Å². The highest BCUT2D eigenvalue weighted by Crippen LogP contribution is 2.26. The van der Waals surface area contributed by atoms with Gasteiger partial charge in [0.25, 0.3) is 0 Å². The molecule has 1 fully saturated rings. The van der Waals surface area contributed by atoms with Gasteiger partial charge < -0.3 is 9.32 Å². The number of thiazole rings is 1. The number of amides is 1. The average molecular weight is 425 g/mol. The van der Waals surface area contributed by atoms with Crippen molar-refractivity contribution in [3.63, 3.8) is 0 Å². The molecule has 158 valence electrons. The highest BCUT2D eigenvalue weighted by atomic mass is 32.1. The number of hydrogen-bond acceptors (Lipinski definition) is 6. The molecule has 3 heterocycles. The standard InChI is InChI=1S/C23H28N4O2S/c1-23(2,3)22-25-19(16-30-22)14-26-9-11-27(12-10-26)20(28)13-18-15-29-21(24-18)17-7-5-4-6-8-17/h4-8,15-16H,9-14H2,1-3H3. The fraction of sp³-hybridized carbons (Fsp3) is 0.435. The largest absolute Gasteiger partial charge is 0.444 e. The van der Waals surface area contributed by atoms with E-state index in [1.54, 1.807) is 17.6 Å². The molecule has 0 unspecified atom stereocenters. The van der Waals surface area contributed by atoms with E-state index in [0.29, 0.717) is 11.6 Å². The van der Waals surface area contributed by atoms with Crippen LogP contribution in [0, 0.1) is 0 Å². The first-order valence-electron chi connectivity index (χ1n) is 10.3. The summed E-state index contributed by atoms with van der Waals surface area (Å²) in [5, 5.41) is 3.33. The number of aromatic nitrogens is 2. The van der Waals surface area contributed by atoms with Crippen LogP contribution < -0.4 is 0 Å². The molecule has 1 aliphatic rings. The Kier molecular flexibility index (Phi) is 6.01. The lowest BCUT2D eigenvalue weighted by atomic mass is 9.98. The van der Waals surface area contributed by atoms with E-state index in [2.05, 4.69) is 36.0 Å². The van der Waals surface area contributed by atoms with Gasteiger partial charge in [-0.15, -0.1) is 11.3 Å². The molecule has 0 radical (unpaired) electrons. The van der Waals surface area contributed by atoms with Crippen LogP contribution >= 0.6 is 11.3 Å². The quantitative estimate of drug-likeness (QED) is 0.620. The van der Waals surface area contributed by atoms with E-state index in [4.69, 9.17) is 9.40 Å². The maximum atomic E-state index is 12.7. The Morgan fingerprint density at radius 1 is 1.07 bits per heavy atom. The Morgan fingerprint density at radius 2 is 1.80 bits per heavy atom. The first kappa shape index (κ1) is 20.8. The molecular weight excluding hydrogens is 396 g/mol. The third-order valence-corrected chi connectivity index (χ3v) is 6.53. The Labute approximate surface area is 181 Å². The van der Waals surface area contributed by atoms with Crippen LogP contribution in [0.5, 0.6) is 0 Å². The van der Waals surface area contributed by atoms with E-state index in [1.807, 2.05) is 35.2 Å². The summed E-state index contributed by atoms with van der Waals surface area (Å²) < 4.78 is 5.55. The molecule has 7 heteroatoms. The van der Waals surface area contributed by atoms with Gasteiger partial charge in [-0.3, -0.25) is 9.69 Å². The third kappa shape index (κ3) is 4.96. The molecule has 0 spiro atoms. The van der Waals surface area contributed by atoms with Gasteiger partial charge in [-0.2, -0.15) is 0 Å². The van der Waals surface area contributed by atoms with E-state index < -0.39 is 0 Å². The summed E-state index contributed by atoms with van der Waals surface area (Å²) in [6.45, 7) is 10.6. The topological polar surface area (TPSA) is 62.5 Å². The molecule has 1 aliphatic heterocycles. The number of carbonyl (C=O) groups excluding carboxylic acids is 1. The lowest BCUT2D eigenvalue weighted by molar-refractivity contribution is -0.132. The maximum absolute atomic E-state index is 12.7. The number of nitrogens with zero attached hydrogens (tertiary/aromatic N) is 4. The maximum Gasteiger partial charge on any atom is 0.228 e. The van der Waals surface area contributed by atoms with Crippen LogP contribution in [-0.2, 0) is 23.2 Å². The third-order valence-electron chi connectivity index (χ3n) is 5.21. The number of rotatable bonds is 5. The van der Waals surface area contributed by atoms with E-state index in [1.165, 1.54) is 5.01 Å². The van der Waals surface area contributed by atoms with Crippen molar-refractivity contribution in [1.82, 2.24) is 19.8 Å².